The number of urea groups is 1. The van der Waals surface area contributed by atoms with Gasteiger partial charge in [0.15, 0.2) is 0 Å². The molecule has 0 saturated heterocycles. The SMILES string of the molecule is COc1ccccc1NC(=O)NC1CCC(Oc2ccc(Cl)cn2)CC1. The fourth-order valence-electron chi connectivity index (χ4n) is 3.02. The summed E-state index contributed by atoms with van der Waals surface area (Å²) in [6.45, 7) is 0. The van der Waals surface area contributed by atoms with Gasteiger partial charge in [0, 0.05) is 18.3 Å². The molecule has 3 rings (SSSR count). The third kappa shape index (κ3) is 5.02. The second kappa shape index (κ2) is 8.76. The lowest BCUT2D eigenvalue weighted by atomic mass is 9.93. The molecule has 1 aliphatic rings. The highest BCUT2D eigenvalue weighted by Gasteiger charge is 2.24. The number of carbonyl (C=O) groups is 1. The topological polar surface area (TPSA) is 72.5 Å². The minimum Gasteiger partial charge on any atom is -0.495 e. The largest absolute Gasteiger partial charge is 0.495 e. The summed E-state index contributed by atoms with van der Waals surface area (Å²) in [6.07, 6.45) is 5.13. The molecule has 1 fully saturated rings. The predicted molar refractivity (Wildman–Crippen MR) is 101 cm³/mol. The van der Waals surface area contributed by atoms with Crippen molar-refractivity contribution < 1.29 is 14.3 Å². The molecular weight excluding hydrogens is 354 g/mol. The Morgan fingerprint density at radius 3 is 2.62 bits per heavy atom. The van der Waals surface area contributed by atoms with Gasteiger partial charge in [-0.3, -0.25) is 0 Å². The Hall–Kier alpha value is -2.47. The minimum absolute atomic E-state index is 0.110. The second-order valence-electron chi connectivity index (χ2n) is 6.20. The van der Waals surface area contributed by atoms with E-state index < -0.39 is 0 Å². The molecule has 2 N–H and O–H groups in total. The number of methoxy groups -OCH3 is 1. The first-order valence-corrected chi connectivity index (χ1v) is 9.00. The Bertz CT molecular complexity index is 731. The van der Waals surface area contributed by atoms with Crippen LogP contribution in [0.25, 0.3) is 0 Å². The van der Waals surface area contributed by atoms with Gasteiger partial charge in [-0.25, -0.2) is 9.78 Å². The van der Waals surface area contributed by atoms with E-state index in [0.29, 0.717) is 22.3 Å². The van der Waals surface area contributed by atoms with E-state index in [2.05, 4.69) is 15.6 Å². The van der Waals surface area contributed by atoms with Crippen molar-refractivity contribution in [2.45, 2.75) is 37.8 Å². The van der Waals surface area contributed by atoms with Crippen LogP contribution >= 0.6 is 11.6 Å². The summed E-state index contributed by atoms with van der Waals surface area (Å²) in [7, 11) is 1.58. The van der Waals surface area contributed by atoms with Crippen LogP contribution in [0.5, 0.6) is 11.6 Å². The molecule has 26 heavy (non-hydrogen) atoms. The summed E-state index contributed by atoms with van der Waals surface area (Å²) in [5, 5.41) is 6.44. The number of pyridine rings is 1. The number of nitrogens with zero attached hydrogens (tertiary/aromatic N) is 1. The number of ether oxygens (including phenoxy) is 2. The van der Waals surface area contributed by atoms with E-state index in [1.54, 1.807) is 25.4 Å². The molecule has 0 atom stereocenters. The van der Waals surface area contributed by atoms with Crippen molar-refractivity contribution in [1.82, 2.24) is 10.3 Å². The van der Waals surface area contributed by atoms with Gasteiger partial charge < -0.3 is 20.1 Å². The molecule has 1 aromatic heterocycles. The van der Waals surface area contributed by atoms with Crippen molar-refractivity contribution in [2.75, 3.05) is 12.4 Å². The van der Waals surface area contributed by atoms with Gasteiger partial charge in [-0.2, -0.15) is 0 Å². The number of para-hydroxylation sites is 2. The van der Waals surface area contributed by atoms with Crippen LogP contribution in [-0.2, 0) is 0 Å². The molecule has 138 valence electrons. The summed E-state index contributed by atoms with van der Waals surface area (Å²) >= 11 is 5.83. The van der Waals surface area contributed by atoms with Crippen LogP contribution in [0, 0.1) is 0 Å². The molecule has 1 heterocycles. The van der Waals surface area contributed by atoms with E-state index in [-0.39, 0.29) is 18.2 Å². The highest BCUT2D eigenvalue weighted by Crippen LogP contribution is 2.25. The van der Waals surface area contributed by atoms with Crippen molar-refractivity contribution in [3.63, 3.8) is 0 Å². The van der Waals surface area contributed by atoms with Crippen molar-refractivity contribution in [2.24, 2.45) is 0 Å². The van der Waals surface area contributed by atoms with Crippen molar-refractivity contribution >= 4 is 23.3 Å². The molecule has 0 unspecified atom stereocenters. The lowest BCUT2D eigenvalue weighted by molar-refractivity contribution is 0.135. The number of hydrogen-bond donors (Lipinski definition) is 2. The van der Waals surface area contributed by atoms with Crippen LogP contribution in [-0.4, -0.2) is 30.3 Å². The van der Waals surface area contributed by atoms with Crippen molar-refractivity contribution in [1.29, 1.82) is 0 Å². The molecule has 6 nitrogen and oxygen atoms in total. The molecule has 7 heteroatoms. The van der Waals surface area contributed by atoms with Gasteiger partial charge in [0.25, 0.3) is 0 Å². The van der Waals surface area contributed by atoms with E-state index in [1.165, 1.54) is 0 Å². The van der Waals surface area contributed by atoms with E-state index in [1.807, 2.05) is 24.3 Å². The normalized spacial score (nSPS) is 19.5. The maximum atomic E-state index is 12.2. The summed E-state index contributed by atoms with van der Waals surface area (Å²) in [6, 6.07) is 10.8. The monoisotopic (exact) mass is 375 g/mol. The summed E-state index contributed by atoms with van der Waals surface area (Å²) in [4.78, 5) is 16.4. The highest BCUT2D eigenvalue weighted by molar-refractivity contribution is 6.30. The van der Waals surface area contributed by atoms with Crippen LogP contribution < -0.4 is 20.1 Å². The van der Waals surface area contributed by atoms with Gasteiger partial charge in [-0.1, -0.05) is 23.7 Å². The summed E-state index contributed by atoms with van der Waals surface area (Å²) in [5.41, 5.74) is 0.651. The van der Waals surface area contributed by atoms with Crippen LogP contribution in [0.4, 0.5) is 10.5 Å². The van der Waals surface area contributed by atoms with Crippen molar-refractivity contribution in [3.05, 3.63) is 47.6 Å². The number of benzene rings is 1. The molecular formula is C19H22ClN3O3. The Morgan fingerprint density at radius 1 is 1.15 bits per heavy atom. The third-order valence-electron chi connectivity index (χ3n) is 4.35. The number of amides is 2. The molecule has 0 aliphatic heterocycles. The van der Waals surface area contributed by atoms with Gasteiger partial charge in [0.1, 0.15) is 11.9 Å². The number of anilines is 1. The fourth-order valence-corrected chi connectivity index (χ4v) is 3.13. The lowest BCUT2D eigenvalue weighted by Gasteiger charge is -2.29. The molecule has 1 aromatic carbocycles. The fraction of sp³-hybridized carbons (Fsp3) is 0.368. The standard InChI is InChI=1S/C19H22ClN3O3/c1-25-17-5-3-2-4-16(17)23-19(24)22-14-7-9-15(10-8-14)26-18-11-6-13(20)12-21-18/h2-6,11-12,14-15H,7-10H2,1H3,(H2,22,23,24). The molecule has 0 bridgehead atoms. The number of carbonyl (C=O) groups excluding carboxylic acids is 1. The number of rotatable bonds is 5. The third-order valence-corrected chi connectivity index (χ3v) is 4.58. The van der Waals surface area contributed by atoms with Crippen LogP contribution in [0.2, 0.25) is 5.02 Å². The maximum absolute atomic E-state index is 12.2. The van der Waals surface area contributed by atoms with Gasteiger partial charge in [-0.15, -0.1) is 0 Å². The first kappa shape index (κ1) is 18.3. The van der Waals surface area contributed by atoms with Gasteiger partial charge in [-0.05, 0) is 43.9 Å². The van der Waals surface area contributed by atoms with E-state index >= 15 is 0 Å². The Morgan fingerprint density at radius 2 is 1.92 bits per heavy atom. The molecule has 0 spiro atoms. The van der Waals surface area contributed by atoms with Gasteiger partial charge >= 0.3 is 6.03 Å². The van der Waals surface area contributed by atoms with Crippen LogP contribution in [0.3, 0.4) is 0 Å². The zero-order valence-electron chi connectivity index (χ0n) is 14.6. The maximum Gasteiger partial charge on any atom is 0.319 e. The van der Waals surface area contributed by atoms with Crippen LogP contribution in [0.1, 0.15) is 25.7 Å². The molecule has 1 aliphatic carbocycles. The number of aromatic nitrogens is 1. The average Bonchev–Trinajstić information content (AvgIpc) is 2.65. The Labute approximate surface area is 157 Å². The first-order chi connectivity index (χ1) is 12.6. The lowest BCUT2D eigenvalue weighted by Crippen LogP contribution is -2.41. The molecule has 1 saturated carbocycles. The predicted octanol–water partition coefficient (Wildman–Crippen LogP) is 4.26. The number of halogens is 1. The molecule has 2 amide bonds. The molecule has 0 radical (unpaired) electrons. The summed E-state index contributed by atoms with van der Waals surface area (Å²) < 4.78 is 11.1. The van der Waals surface area contributed by atoms with E-state index in [9.17, 15) is 4.79 Å². The number of nitrogens with one attached hydrogen (secondary N) is 2. The summed E-state index contributed by atoms with van der Waals surface area (Å²) in [5.74, 6) is 1.22. The van der Waals surface area contributed by atoms with Crippen LogP contribution in [0.15, 0.2) is 42.6 Å². The van der Waals surface area contributed by atoms with Gasteiger partial charge in [0.05, 0.1) is 17.8 Å². The number of hydrogen-bond acceptors (Lipinski definition) is 4. The minimum atomic E-state index is -0.224. The zero-order valence-corrected chi connectivity index (χ0v) is 15.3. The smallest absolute Gasteiger partial charge is 0.319 e. The van der Waals surface area contributed by atoms with E-state index in [0.717, 1.165) is 25.7 Å². The second-order valence-corrected chi connectivity index (χ2v) is 6.64. The Balaban J connectivity index is 1.44. The highest BCUT2D eigenvalue weighted by atomic mass is 35.5. The average molecular weight is 376 g/mol. The zero-order chi connectivity index (χ0) is 18.4. The van der Waals surface area contributed by atoms with Crippen molar-refractivity contribution in [3.8, 4) is 11.6 Å². The Kier molecular flexibility index (Phi) is 6.17. The first-order valence-electron chi connectivity index (χ1n) is 8.63. The van der Waals surface area contributed by atoms with Gasteiger partial charge in [0.2, 0.25) is 5.88 Å². The van der Waals surface area contributed by atoms with E-state index in [4.69, 9.17) is 21.1 Å². The quantitative estimate of drug-likeness (QED) is 0.819. The molecule has 2 aromatic rings.